The summed E-state index contributed by atoms with van der Waals surface area (Å²) in [5, 5.41) is 1.18. The summed E-state index contributed by atoms with van der Waals surface area (Å²) in [7, 11) is 0. The summed E-state index contributed by atoms with van der Waals surface area (Å²) in [5.74, 6) is -0.389. The zero-order valence-electron chi connectivity index (χ0n) is 6.47. The van der Waals surface area contributed by atoms with Gasteiger partial charge in [-0.25, -0.2) is 4.39 Å². The molecule has 0 atom stereocenters. The normalized spacial score (nSPS) is 10.6. The van der Waals surface area contributed by atoms with Crippen LogP contribution in [0.2, 0.25) is 0 Å². The van der Waals surface area contributed by atoms with Crippen LogP contribution in [0.3, 0.4) is 0 Å². The standard InChI is InChI=1S/C9H5FINO/c10-5-1-2-6-7(3-5)9(13)12-4-8(6)11/h1-4H,(H,12,13). The van der Waals surface area contributed by atoms with Gasteiger partial charge in [-0.1, -0.05) is 6.07 Å². The highest BCUT2D eigenvalue weighted by Crippen LogP contribution is 2.17. The Labute approximate surface area is 86.9 Å². The van der Waals surface area contributed by atoms with Crippen LogP contribution in [0.4, 0.5) is 4.39 Å². The quantitative estimate of drug-likeness (QED) is 0.741. The minimum Gasteiger partial charge on any atom is -0.327 e. The topological polar surface area (TPSA) is 32.9 Å². The van der Waals surface area contributed by atoms with Crippen LogP contribution >= 0.6 is 22.6 Å². The van der Waals surface area contributed by atoms with Crippen molar-refractivity contribution in [2.45, 2.75) is 0 Å². The van der Waals surface area contributed by atoms with Gasteiger partial charge in [0.15, 0.2) is 0 Å². The number of rotatable bonds is 0. The van der Waals surface area contributed by atoms with E-state index in [9.17, 15) is 9.18 Å². The number of hydrogen-bond donors (Lipinski definition) is 1. The van der Waals surface area contributed by atoms with Gasteiger partial charge in [-0.2, -0.15) is 0 Å². The Bertz CT molecular complexity index is 520. The molecular formula is C9H5FINO. The zero-order valence-corrected chi connectivity index (χ0v) is 8.63. The Balaban J connectivity index is 3.01. The average molecular weight is 289 g/mol. The first-order valence-corrected chi connectivity index (χ1v) is 4.73. The molecule has 1 N–H and O–H groups in total. The second kappa shape index (κ2) is 3.10. The van der Waals surface area contributed by atoms with E-state index in [1.165, 1.54) is 12.1 Å². The van der Waals surface area contributed by atoms with Crippen molar-refractivity contribution >= 4 is 33.4 Å². The molecule has 66 valence electrons. The molecule has 2 nitrogen and oxygen atoms in total. The molecule has 0 aliphatic rings. The largest absolute Gasteiger partial charge is 0.327 e. The summed E-state index contributed by atoms with van der Waals surface area (Å²) in [6.07, 6.45) is 1.61. The van der Waals surface area contributed by atoms with Gasteiger partial charge in [-0.3, -0.25) is 4.79 Å². The van der Waals surface area contributed by atoms with Crippen LogP contribution in [0.1, 0.15) is 0 Å². The molecule has 0 aliphatic heterocycles. The summed E-state index contributed by atoms with van der Waals surface area (Å²) < 4.78 is 13.7. The van der Waals surface area contributed by atoms with Gasteiger partial charge in [-0.15, -0.1) is 0 Å². The second-order valence-electron chi connectivity index (χ2n) is 2.66. The number of nitrogens with one attached hydrogen (secondary N) is 1. The molecule has 0 fully saturated rings. The van der Waals surface area contributed by atoms with Gasteiger partial charge >= 0.3 is 0 Å². The van der Waals surface area contributed by atoms with Crippen LogP contribution in [0, 0.1) is 9.39 Å². The van der Waals surface area contributed by atoms with Crippen molar-refractivity contribution in [1.82, 2.24) is 4.98 Å². The van der Waals surface area contributed by atoms with Crippen molar-refractivity contribution in [3.05, 3.63) is 44.1 Å². The third-order valence-electron chi connectivity index (χ3n) is 1.81. The Morgan fingerprint density at radius 1 is 1.31 bits per heavy atom. The van der Waals surface area contributed by atoms with Gasteiger partial charge in [0.25, 0.3) is 5.56 Å². The first kappa shape index (κ1) is 8.68. The lowest BCUT2D eigenvalue weighted by molar-refractivity contribution is 0.629. The molecule has 0 saturated heterocycles. The molecule has 0 radical (unpaired) electrons. The molecular weight excluding hydrogens is 284 g/mol. The van der Waals surface area contributed by atoms with Crippen LogP contribution in [0.25, 0.3) is 10.8 Å². The maximum atomic E-state index is 12.8. The number of pyridine rings is 1. The molecule has 2 aromatic rings. The van der Waals surface area contributed by atoms with Crippen LogP contribution in [0.5, 0.6) is 0 Å². The lowest BCUT2D eigenvalue weighted by Crippen LogP contribution is -2.06. The van der Waals surface area contributed by atoms with Gasteiger partial charge in [0.2, 0.25) is 0 Å². The van der Waals surface area contributed by atoms with E-state index in [1.807, 2.05) is 0 Å². The highest BCUT2D eigenvalue weighted by atomic mass is 127. The lowest BCUT2D eigenvalue weighted by atomic mass is 10.2. The molecule has 4 heteroatoms. The molecule has 1 aromatic carbocycles. The Morgan fingerprint density at radius 2 is 2.08 bits per heavy atom. The fraction of sp³-hybridized carbons (Fsp3) is 0. The molecule has 2 rings (SSSR count). The first-order valence-electron chi connectivity index (χ1n) is 3.65. The van der Waals surface area contributed by atoms with Crippen LogP contribution in [0.15, 0.2) is 29.2 Å². The highest BCUT2D eigenvalue weighted by molar-refractivity contribution is 14.1. The fourth-order valence-electron chi connectivity index (χ4n) is 1.20. The Hall–Kier alpha value is -0.910. The molecule has 0 aliphatic carbocycles. The molecule has 0 spiro atoms. The van der Waals surface area contributed by atoms with Crippen molar-refractivity contribution in [2.75, 3.05) is 0 Å². The van der Waals surface area contributed by atoms with E-state index < -0.39 is 0 Å². The minimum atomic E-state index is -0.389. The van der Waals surface area contributed by atoms with E-state index in [2.05, 4.69) is 27.6 Å². The number of hydrogen-bond acceptors (Lipinski definition) is 1. The highest BCUT2D eigenvalue weighted by Gasteiger charge is 2.02. The fourth-order valence-corrected chi connectivity index (χ4v) is 1.82. The first-order chi connectivity index (χ1) is 6.18. The predicted octanol–water partition coefficient (Wildman–Crippen LogP) is 2.27. The Kier molecular flexibility index (Phi) is 2.07. The van der Waals surface area contributed by atoms with E-state index in [4.69, 9.17) is 0 Å². The minimum absolute atomic E-state index is 0.255. The zero-order chi connectivity index (χ0) is 9.42. The Morgan fingerprint density at radius 3 is 2.85 bits per heavy atom. The van der Waals surface area contributed by atoms with Crippen molar-refractivity contribution in [2.24, 2.45) is 0 Å². The number of benzene rings is 1. The number of H-pyrrole nitrogens is 1. The molecule has 1 heterocycles. The molecule has 0 unspecified atom stereocenters. The SMILES string of the molecule is O=c1[nH]cc(I)c2ccc(F)cc12. The van der Waals surface area contributed by atoms with E-state index >= 15 is 0 Å². The number of aromatic amines is 1. The number of aromatic nitrogens is 1. The summed E-state index contributed by atoms with van der Waals surface area (Å²) in [6.45, 7) is 0. The van der Waals surface area contributed by atoms with E-state index in [1.54, 1.807) is 12.3 Å². The van der Waals surface area contributed by atoms with Crippen LogP contribution in [-0.4, -0.2) is 4.98 Å². The van der Waals surface area contributed by atoms with Gasteiger partial charge in [0.05, 0.1) is 5.39 Å². The third-order valence-corrected chi connectivity index (χ3v) is 2.71. The second-order valence-corrected chi connectivity index (χ2v) is 3.82. The van der Waals surface area contributed by atoms with Gasteiger partial charge in [-0.05, 0) is 34.7 Å². The van der Waals surface area contributed by atoms with Crippen molar-refractivity contribution < 1.29 is 4.39 Å². The molecule has 13 heavy (non-hydrogen) atoms. The van der Waals surface area contributed by atoms with Crippen LogP contribution < -0.4 is 5.56 Å². The summed E-state index contributed by atoms with van der Waals surface area (Å²) in [5.41, 5.74) is -0.255. The predicted molar refractivity (Wildman–Crippen MR) is 57.2 cm³/mol. The maximum Gasteiger partial charge on any atom is 0.255 e. The monoisotopic (exact) mass is 289 g/mol. The summed E-state index contributed by atoms with van der Waals surface area (Å²) >= 11 is 2.09. The van der Waals surface area contributed by atoms with E-state index in [-0.39, 0.29) is 11.4 Å². The molecule has 0 amide bonds. The van der Waals surface area contributed by atoms with Gasteiger partial charge < -0.3 is 4.98 Å². The van der Waals surface area contributed by atoms with E-state index in [0.717, 1.165) is 8.96 Å². The molecule has 0 saturated carbocycles. The average Bonchev–Trinajstić information content (AvgIpc) is 2.12. The number of fused-ring (bicyclic) bond motifs is 1. The van der Waals surface area contributed by atoms with E-state index in [0.29, 0.717) is 5.39 Å². The van der Waals surface area contributed by atoms with Crippen molar-refractivity contribution in [1.29, 1.82) is 0 Å². The maximum absolute atomic E-state index is 12.8. The van der Waals surface area contributed by atoms with Crippen LogP contribution in [-0.2, 0) is 0 Å². The molecule has 1 aromatic heterocycles. The lowest BCUT2D eigenvalue weighted by Gasteiger charge is -1.98. The smallest absolute Gasteiger partial charge is 0.255 e. The summed E-state index contributed by atoms with van der Waals surface area (Å²) in [6, 6.07) is 4.21. The number of halogens is 2. The summed E-state index contributed by atoms with van der Waals surface area (Å²) in [4.78, 5) is 13.8. The third kappa shape index (κ3) is 1.46. The van der Waals surface area contributed by atoms with Crippen molar-refractivity contribution in [3.8, 4) is 0 Å². The van der Waals surface area contributed by atoms with Gasteiger partial charge in [0, 0.05) is 15.2 Å². The van der Waals surface area contributed by atoms with Crippen molar-refractivity contribution in [3.63, 3.8) is 0 Å². The molecule has 0 bridgehead atoms. The van der Waals surface area contributed by atoms with Gasteiger partial charge in [0.1, 0.15) is 5.82 Å².